The zero-order valence-corrected chi connectivity index (χ0v) is 9.63. The molecule has 0 bridgehead atoms. The van der Waals surface area contributed by atoms with E-state index in [1.807, 2.05) is 0 Å². The van der Waals surface area contributed by atoms with Crippen LogP contribution in [0, 0.1) is 5.92 Å². The van der Waals surface area contributed by atoms with Crippen molar-refractivity contribution in [3.05, 3.63) is 0 Å². The van der Waals surface area contributed by atoms with E-state index in [1.165, 1.54) is 38.6 Å². The van der Waals surface area contributed by atoms with Crippen molar-refractivity contribution in [2.45, 2.75) is 57.5 Å². The predicted octanol–water partition coefficient (Wildman–Crippen LogP) is 1.99. The number of hydrogen-bond donors (Lipinski definition) is 1. The van der Waals surface area contributed by atoms with Gasteiger partial charge in [-0.3, -0.25) is 4.90 Å². The highest BCUT2D eigenvalue weighted by molar-refractivity contribution is 4.98. The van der Waals surface area contributed by atoms with Crippen LogP contribution >= 0.6 is 0 Å². The molecule has 2 atom stereocenters. The number of hydrogen-bond acceptors (Lipinski definition) is 2. The molecule has 2 unspecified atom stereocenters. The molecule has 1 aliphatic carbocycles. The molecule has 2 rings (SSSR count). The number of rotatable bonds is 4. The summed E-state index contributed by atoms with van der Waals surface area (Å²) in [5.41, 5.74) is 6.46. The molecule has 1 saturated heterocycles. The maximum atomic E-state index is 6.38. The Bertz CT molecular complexity index is 196. The summed E-state index contributed by atoms with van der Waals surface area (Å²) in [5.74, 6) is 0.806. The van der Waals surface area contributed by atoms with Gasteiger partial charge in [-0.05, 0) is 51.5 Å². The minimum atomic E-state index is 0.0811. The lowest BCUT2D eigenvalue weighted by atomic mass is 9.96. The Morgan fingerprint density at radius 1 is 1.36 bits per heavy atom. The van der Waals surface area contributed by atoms with Crippen molar-refractivity contribution in [3.63, 3.8) is 0 Å². The van der Waals surface area contributed by atoms with Gasteiger partial charge in [0.05, 0.1) is 0 Å². The van der Waals surface area contributed by atoms with Gasteiger partial charge in [-0.2, -0.15) is 0 Å². The first-order valence-corrected chi connectivity index (χ1v) is 6.16. The summed E-state index contributed by atoms with van der Waals surface area (Å²) in [6.07, 6.45) is 6.77. The third kappa shape index (κ3) is 2.12. The van der Waals surface area contributed by atoms with Crippen LogP contribution in [0.2, 0.25) is 0 Å². The average Bonchev–Trinajstić information content (AvgIpc) is 2.89. The summed E-state index contributed by atoms with van der Waals surface area (Å²) < 4.78 is 0. The van der Waals surface area contributed by atoms with E-state index in [9.17, 15) is 0 Å². The monoisotopic (exact) mass is 196 g/mol. The first-order chi connectivity index (χ1) is 6.63. The quantitative estimate of drug-likeness (QED) is 0.745. The van der Waals surface area contributed by atoms with Gasteiger partial charge in [-0.1, -0.05) is 6.92 Å². The van der Waals surface area contributed by atoms with Crippen LogP contribution in [-0.4, -0.2) is 29.6 Å². The van der Waals surface area contributed by atoms with Gasteiger partial charge < -0.3 is 5.73 Å². The van der Waals surface area contributed by atoms with Crippen LogP contribution in [-0.2, 0) is 0 Å². The molecular formula is C12H24N2. The molecule has 2 nitrogen and oxygen atoms in total. The summed E-state index contributed by atoms with van der Waals surface area (Å²) >= 11 is 0. The minimum absolute atomic E-state index is 0.0811. The van der Waals surface area contributed by atoms with E-state index in [0.29, 0.717) is 0 Å². The molecule has 0 amide bonds. The Labute approximate surface area is 87.8 Å². The topological polar surface area (TPSA) is 29.3 Å². The fraction of sp³-hybridized carbons (Fsp3) is 1.00. The Balaban J connectivity index is 1.89. The molecule has 2 fully saturated rings. The maximum Gasteiger partial charge on any atom is 0.0283 e. The third-order valence-electron chi connectivity index (χ3n) is 4.02. The van der Waals surface area contributed by atoms with Gasteiger partial charge >= 0.3 is 0 Å². The molecule has 0 spiro atoms. The molecular weight excluding hydrogens is 172 g/mol. The van der Waals surface area contributed by atoms with Crippen molar-refractivity contribution in [1.82, 2.24) is 4.90 Å². The van der Waals surface area contributed by atoms with Crippen LogP contribution in [0.15, 0.2) is 0 Å². The van der Waals surface area contributed by atoms with E-state index >= 15 is 0 Å². The van der Waals surface area contributed by atoms with Crippen molar-refractivity contribution in [3.8, 4) is 0 Å². The Hall–Kier alpha value is -0.0800. The van der Waals surface area contributed by atoms with E-state index in [2.05, 4.69) is 18.7 Å². The molecule has 1 saturated carbocycles. The normalized spacial score (nSPS) is 33.2. The molecule has 0 radical (unpaired) electrons. The predicted molar refractivity (Wildman–Crippen MR) is 60.2 cm³/mol. The zero-order valence-electron chi connectivity index (χ0n) is 9.63. The largest absolute Gasteiger partial charge is 0.324 e. The highest BCUT2D eigenvalue weighted by atomic mass is 15.2. The van der Waals surface area contributed by atoms with Crippen LogP contribution in [0.4, 0.5) is 0 Å². The molecule has 0 aromatic rings. The van der Waals surface area contributed by atoms with Gasteiger partial charge in [-0.15, -0.1) is 0 Å². The molecule has 0 aromatic heterocycles. The number of nitrogens with zero attached hydrogens (tertiary/aromatic N) is 1. The summed E-state index contributed by atoms with van der Waals surface area (Å²) in [7, 11) is 0. The molecule has 0 aromatic carbocycles. The second kappa shape index (κ2) is 3.82. The Morgan fingerprint density at radius 2 is 2.07 bits per heavy atom. The lowest BCUT2D eigenvalue weighted by Gasteiger charge is -2.33. The summed E-state index contributed by atoms with van der Waals surface area (Å²) in [4.78, 5) is 2.62. The first-order valence-electron chi connectivity index (χ1n) is 6.16. The van der Waals surface area contributed by atoms with E-state index in [1.54, 1.807) is 0 Å². The van der Waals surface area contributed by atoms with E-state index in [-0.39, 0.29) is 5.54 Å². The smallest absolute Gasteiger partial charge is 0.0283 e. The van der Waals surface area contributed by atoms with Crippen LogP contribution < -0.4 is 5.73 Å². The summed E-state index contributed by atoms with van der Waals surface area (Å²) in [6, 6.07) is 0.816. The van der Waals surface area contributed by atoms with Crippen LogP contribution in [0.25, 0.3) is 0 Å². The highest BCUT2D eigenvalue weighted by Crippen LogP contribution is 2.39. The van der Waals surface area contributed by atoms with Gasteiger partial charge in [0.1, 0.15) is 0 Å². The number of nitrogens with two attached hydrogens (primary N) is 1. The molecule has 1 heterocycles. The van der Waals surface area contributed by atoms with Crippen molar-refractivity contribution in [1.29, 1.82) is 0 Å². The second-order valence-corrected chi connectivity index (χ2v) is 5.45. The average molecular weight is 196 g/mol. The standard InChI is InChI=1S/C12H24N2/c1-3-11-5-4-8-14(11)9-12(2,13)10-6-7-10/h10-11H,3-9,13H2,1-2H3. The Morgan fingerprint density at radius 3 is 2.64 bits per heavy atom. The lowest BCUT2D eigenvalue weighted by molar-refractivity contribution is 0.185. The highest BCUT2D eigenvalue weighted by Gasteiger charge is 2.40. The van der Waals surface area contributed by atoms with Gasteiger partial charge in [0.15, 0.2) is 0 Å². The van der Waals surface area contributed by atoms with Gasteiger partial charge in [-0.25, -0.2) is 0 Å². The molecule has 14 heavy (non-hydrogen) atoms. The second-order valence-electron chi connectivity index (χ2n) is 5.45. The fourth-order valence-corrected chi connectivity index (χ4v) is 2.88. The maximum absolute atomic E-state index is 6.38. The third-order valence-corrected chi connectivity index (χ3v) is 4.02. The van der Waals surface area contributed by atoms with Crippen molar-refractivity contribution in [2.24, 2.45) is 11.7 Å². The fourth-order valence-electron chi connectivity index (χ4n) is 2.88. The zero-order chi connectivity index (χ0) is 10.2. The Kier molecular flexibility index (Phi) is 2.85. The summed E-state index contributed by atoms with van der Waals surface area (Å²) in [6.45, 7) is 6.94. The molecule has 82 valence electrons. The lowest BCUT2D eigenvalue weighted by Crippen LogP contribution is -2.50. The van der Waals surface area contributed by atoms with E-state index in [4.69, 9.17) is 5.73 Å². The van der Waals surface area contributed by atoms with Crippen molar-refractivity contribution >= 4 is 0 Å². The van der Waals surface area contributed by atoms with Gasteiger partial charge in [0.25, 0.3) is 0 Å². The van der Waals surface area contributed by atoms with E-state index in [0.717, 1.165) is 18.5 Å². The summed E-state index contributed by atoms with van der Waals surface area (Å²) in [5, 5.41) is 0. The molecule has 1 aliphatic heterocycles. The number of likely N-dealkylation sites (tertiary alicyclic amines) is 1. The first kappa shape index (κ1) is 10.4. The molecule has 2 N–H and O–H groups in total. The van der Waals surface area contributed by atoms with Crippen LogP contribution in [0.1, 0.15) is 46.0 Å². The molecule has 2 heteroatoms. The van der Waals surface area contributed by atoms with Crippen molar-refractivity contribution < 1.29 is 0 Å². The molecule has 2 aliphatic rings. The van der Waals surface area contributed by atoms with Crippen molar-refractivity contribution in [2.75, 3.05) is 13.1 Å². The van der Waals surface area contributed by atoms with Crippen LogP contribution in [0.5, 0.6) is 0 Å². The van der Waals surface area contributed by atoms with Gasteiger partial charge in [0, 0.05) is 18.1 Å². The van der Waals surface area contributed by atoms with E-state index < -0.39 is 0 Å². The SMILES string of the molecule is CCC1CCCN1CC(C)(N)C1CC1. The van der Waals surface area contributed by atoms with Crippen LogP contribution in [0.3, 0.4) is 0 Å². The minimum Gasteiger partial charge on any atom is -0.324 e. The van der Waals surface area contributed by atoms with Gasteiger partial charge in [0.2, 0.25) is 0 Å².